The number of nitrogens with one attached hydrogen (secondary N) is 2. The van der Waals surface area contributed by atoms with Gasteiger partial charge >= 0.3 is 0 Å². The first-order valence-corrected chi connectivity index (χ1v) is 13.6. The fourth-order valence-corrected chi connectivity index (χ4v) is 9.46. The van der Waals surface area contributed by atoms with Gasteiger partial charge in [-0.2, -0.15) is 0 Å². The normalized spacial score (nSPS) is 39.6. The quantitative estimate of drug-likeness (QED) is 0.526. The van der Waals surface area contributed by atoms with Crippen molar-refractivity contribution >= 4 is 28.3 Å². The van der Waals surface area contributed by atoms with Crippen LogP contribution in [0.2, 0.25) is 0 Å². The van der Waals surface area contributed by atoms with Crippen LogP contribution < -0.4 is 10.6 Å². The van der Waals surface area contributed by atoms with Crippen molar-refractivity contribution in [2.45, 2.75) is 70.3 Å². The molecule has 6 fully saturated rings. The SMILES string of the molecule is O=C(CC12CC3CC(CC(C3)C1)C2)Nc1cc(NC2[C@H]3CC[C@H](C3)[C@H]2CO)nc2ccccc12. The first-order chi connectivity index (χ1) is 16.6. The number of aliphatic hydroxyl groups excluding tert-OH is 1. The summed E-state index contributed by atoms with van der Waals surface area (Å²) in [5, 5.41) is 18.0. The van der Waals surface area contributed by atoms with Crippen LogP contribution in [-0.2, 0) is 4.79 Å². The summed E-state index contributed by atoms with van der Waals surface area (Å²) >= 11 is 0. The number of pyridine rings is 1. The van der Waals surface area contributed by atoms with Crippen LogP contribution in [0.4, 0.5) is 11.5 Å². The van der Waals surface area contributed by atoms with Crippen molar-refractivity contribution in [1.82, 2.24) is 4.98 Å². The van der Waals surface area contributed by atoms with E-state index in [-0.39, 0.29) is 24.0 Å². The molecule has 0 aliphatic heterocycles. The minimum atomic E-state index is 0.164. The Kier molecular flexibility index (Phi) is 4.94. The number of carbonyl (C=O) groups is 1. The second-order valence-corrected chi connectivity index (χ2v) is 12.6. The lowest BCUT2D eigenvalue weighted by Gasteiger charge is -2.56. The Morgan fingerprint density at radius 1 is 1.00 bits per heavy atom. The summed E-state index contributed by atoms with van der Waals surface area (Å²) in [6, 6.07) is 10.4. The van der Waals surface area contributed by atoms with Gasteiger partial charge in [0.15, 0.2) is 0 Å². The van der Waals surface area contributed by atoms with Gasteiger partial charge in [0.2, 0.25) is 5.91 Å². The van der Waals surface area contributed by atoms with Crippen LogP contribution in [0.5, 0.6) is 0 Å². The molecule has 6 aliphatic carbocycles. The summed E-state index contributed by atoms with van der Waals surface area (Å²) in [6.07, 6.45) is 12.3. The molecular formula is C29H37N3O2. The summed E-state index contributed by atoms with van der Waals surface area (Å²) in [7, 11) is 0. The van der Waals surface area contributed by atoms with Gasteiger partial charge in [0.05, 0.1) is 11.2 Å². The number of benzene rings is 1. The van der Waals surface area contributed by atoms with Gasteiger partial charge in [-0.1, -0.05) is 18.2 Å². The van der Waals surface area contributed by atoms with Crippen LogP contribution in [0.1, 0.15) is 64.2 Å². The molecule has 34 heavy (non-hydrogen) atoms. The Bertz CT molecular complexity index is 1080. The lowest BCUT2D eigenvalue weighted by Crippen LogP contribution is -2.47. The van der Waals surface area contributed by atoms with Crippen molar-refractivity contribution in [2.75, 3.05) is 17.2 Å². The Morgan fingerprint density at radius 3 is 2.44 bits per heavy atom. The molecule has 0 spiro atoms. The molecule has 5 heteroatoms. The van der Waals surface area contributed by atoms with E-state index in [2.05, 4.69) is 16.7 Å². The third kappa shape index (κ3) is 3.54. The molecule has 3 N–H and O–H groups in total. The average molecular weight is 460 g/mol. The molecule has 0 radical (unpaired) electrons. The number of fused-ring (bicyclic) bond motifs is 3. The third-order valence-corrected chi connectivity index (χ3v) is 10.3. The number of hydrogen-bond acceptors (Lipinski definition) is 4. The van der Waals surface area contributed by atoms with Crippen LogP contribution in [0.3, 0.4) is 0 Å². The Balaban J connectivity index is 1.13. The molecule has 6 saturated carbocycles. The highest BCUT2D eigenvalue weighted by Crippen LogP contribution is 2.61. The van der Waals surface area contributed by atoms with E-state index in [0.717, 1.165) is 40.2 Å². The van der Waals surface area contributed by atoms with Crippen molar-refractivity contribution in [2.24, 2.45) is 40.9 Å². The van der Waals surface area contributed by atoms with E-state index < -0.39 is 0 Å². The summed E-state index contributed by atoms with van der Waals surface area (Å²) in [6.45, 7) is 0.237. The number of hydrogen-bond donors (Lipinski definition) is 3. The maximum absolute atomic E-state index is 13.4. The van der Waals surface area contributed by atoms with E-state index in [1.165, 1.54) is 57.8 Å². The fraction of sp³-hybridized carbons (Fsp3) is 0.655. The van der Waals surface area contributed by atoms with E-state index in [1.807, 2.05) is 24.3 Å². The maximum Gasteiger partial charge on any atom is 0.224 e. The number of aromatic nitrogens is 1. The standard InChI is InChI=1S/C29H37N3O2/c33-16-23-20-5-6-21(10-20)28(23)32-26-11-25(22-3-1-2-4-24(22)30-26)31-27(34)15-29-12-17-7-18(13-29)9-19(8-17)14-29/h1-4,11,17-21,23,28,33H,5-10,12-16H2,(H2,30,31,32,34)/t17?,18?,19?,20-,21+,23-,28?,29?/m1/s1. The van der Waals surface area contributed by atoms with Crippen LogP contribution in [-0.4, -0.2) is 28.6 Å². The lowest BCUT2D eigenvalue weighted by atomic mass is 9.49. The van der Waals surface area contributed by atoms with Gasteiger partial charge in [-0.25, -0.2) is 4.98 Å². The van der Waals surface area contributed by atoms with E-state index in [9.17, 15) is 9.90 Å². The molecule has 1 heterocycles. The zero-order valence-electron chi connectivity index (χ0n) is 20.0. The molecular weight excluding hydrogens is 422 g/mol. The van der Waals surface area contributed by atoms with Crippen molar-refractivity contribution in [3.05, 3.63) is 30.3 Å². The zero-order chi connectivity index (χ0) is 22.9. The first kappa shape index (κ1) is 21.2. The fourth-order valence-electron chi connectivity index (χ4n) is 9.46. The number of carbonyl (C=O) groups excluding carboxylic acids is 1. The molecule has 6 bridgehead atoms. The molecule has 0 saturated heterocycles. The van der Waals surface area contributed by atoms with E-state index in [4.69, 9.17) is 4.98 Å². The Morgan fingerprint density at radius 2 is 1.71 bits per heavy atom. The minimum absolute atomic E-state index is 0.164. The third-order valence-electron chi connectivity index (χ3n) is 10.3. The molecule has 5 nitrogen and oxygen atoms in total. The van der Waals surface area contributed by atoms with Gasteiger partial charge in [0.25, 0.3) is 0 Å². The number of nitrogens with zero attached hydrogens (tertiary/aromatic N) is 1. The average Bonchev–Trinajstić information content (AvgIpc) is 3.39. The van der Waals surface area contributed by atoms with E-state index in [0.29, 0.717) is 24.2 Å². The summed E-state index contributed by atoms with van der Waals surface area (Å²) in [5.41, 5.74) is 2.01. The van der Waals surface area contributed by atoms with E-state index in [1.54, 1.807) is 0 Å². The Labute approximate surface area is 202 Å². The van der Waals surface area contributed by atoms with Crippen LogP contribution in [0, 0.1) is 40.9 Å². The Hall–Kier alpha value is -2.14. The van der Waals surface area contributed by atoms with Gasteiger partial charge in [0, 0.05) is 36.4 Å². The van der Waals surface area contributed by atoms with Crippen molar-refractivity contribution in [3.63, 3.8) is 0 Å². The summed E-state index contributed by atoms with van der Waals surface area (Å²) in [5.74, 6) is 5.11. The summed E-state index contributed by atoms with van der Waals surface area (Å²) in [4.78, 5) is 18.3. The topological polar surface area (TPSA) is 74.2 Å². The zero-order valence-corrected chi connectivity index (χ0v) is 20.0. The number of para-hydroxylation sites is 1. The molecule has 1 aromatic carbocycles. The monoisotopic (exact) mass is 459 g/mol. The molecule has 6 aliphatic rings. The number of anilines is 2. The molecule has 180 valence electrons. The highest BCUT2D eigenvalue weighted by Gasteiger charge is 2.51. The van der Waals surface area contributed by atoms with Crippen molar-refractivity contribution in [3.8, 4) is 0 Å². The second kappa shape index (κ2) is 7.94. The van der Waals surface area contributed by atoms with Crippen LogP contribution in [0.15, 0.2) is 30.3 Å². The van der Waals surface area contributed by atoms with Crippen LogP contribution in [0.25, 0.3) is 10.9 Å². The molecule has 1 amide bonds. The first-order valence-electron chi connectivity index (χ1n) is 13.6. The molecule has 8 rings (SSSR count). The molecule has 1 aromatic heterocycles. The van der Waals surface area contributed by atoms with E-state index >= 15 is 0 Å². The summed E-state index contributed by atoms with van der Waals surface area (Å²) < 4.78 is 0. The van der Waals surface area contributed by atoms with Gasteiger partial charge in [0.1, 0.15) is 5.82 Å². The van der Waals surface area contributed by atoms with Gasteiger partial charge in [-0.05, 0) is 98.9 Å². The smallest absolute Gasteiger partial charge is 0.224 e. The number of amides is 1. The molecule has 2 aromatic rings. The number of rotatable bonds is 6. The van der Waals surface area contributed by atoms with Crippen molar-refractivity contribution < 1.29 is 9.90 Å². The van der Waals surface area contributed by atoms with Crippen molar-refractivity contribution in [1.29, 1.82) is 0 Å². The predicted molar refractivity (Wildman–Crippen MR) is 134 cm³/mol. The van der Waals surface area contributed by atoms with Crippen LogP contribution >= 0.6 is 0 Å². The highest BCUT2D eigenvalue weighted by molar-refractivity contribution is 6.02. The highest BCUT2D eigenvalue weighted by atomic mass is 16.3. The number of aliphatic hydroxyl groups is 1. The van der Waals surface area contributed by atoms with Gasteiger partial charge in [-0.15, -0.1) is 0 Å². The minimum Gasteiger partial charge on any atom is -0.396 e. The molecule has 1 unspecified atom stereocenters. The largest absolute Gasteiger partial charge is 0.396 e. The second-order valence-electron chi connectivity index (χ2n) is 12.6. The predicted octanol–water partition coefficient (Wildman–Crippen LogP) is 5.60. The lowest BCUT2D eigenvalue weighted by molar-refractivity contribution is -0.124. The maximum atomic E-state index is 13.4. The van der Waals surface area contributed by atoms with Gasteiger partial charge < -0.3 is 15.7 Å². The molecule has 4 atom stereocenters. The van der Waals surface area contributed by atoms with Gasteiger partial charge in [-0.3, -0.25) is 4.79 Å².